The van der Waals surface area contributed by atoms with Crippen molar-refractivity contribution in [1.82, 2.24) is 10.2 Å². The molecule has 6 heteroatoms. The van der Waals surface area contributed by atoms with Crippen molar-refractivity contribution in [3.8, 4) is 5.75 Å². The lowest BCUT2D eigenvalue weighted by Gasteiger charge is -2.26. The van der Waals surface area contributed by atoms with Crippen LogP contribution in [0.5, 0.6) is 5.75 Å². The van der Waals surface area contributed by atoms with Gasteiger partial charge in [-0.25, -0.2) is 0 Å². The van der Waals surface area contributed by atoms with E-state index in [0.717, 1.165) is 35.0 Å². The van der Waals surface area contributed by atoms with Crippen LogP contribution in [0.15, 0.2) is 34.9 Å². The van der Waals surface area contributed by atoms with Crippen molar-refractivity contribution in [3.05, 3.63) is 52.4 Å². The van der Waals surface area contributed by atoms with E-state index in [9.17, 15) is 4.79 Å². The lowest BCUT2D eigenvalue weighted by Crippen LogP contribution is -2.38. The number of likely N-dealkylation sites (tertiary alicyclic amines) is 1. The molecular weight excluding hydrogens is 352 g/mol. The van der Waals surface area contributed by atoms with Gasteiger partial charge in [-0.05, 0) is 75.2 Å². The highest BCUT2D eigenvalue weighted by Gasteiger charge is 2.25. The summed E-state index contributed by atoms with van der Waals surface area (Å²) in [6.07, 6.45) is 4.04. The lowest BCUT2D eigenvalue weighted by atomic mass is 10.1. The van der Waals surface area contributed by atoms with Gasteiger partial charge in [0.05, 0.1) is 12.3 Å². The number of nitrogens with one attached hydrogen (secondary N) is 1. The molecule has 0 bridgehead atoms. The Balaban J connectivity index is 1.54. The van der Waals surface area contributed by atoms with Crippen LogP contribution in [0.3, 0.4) is 0 Å². The maximum Gasteiger partial charge on any atom is 0.258 e. The molecule has 1 amide bonds. The number of nitrogens with zero attached hydrogens (tertiary/aromatic N) is 1. The van der Waals surface area contributed by atoms with Crippen molar-refractivity contribution in [2.24, 2.45) is 0 Å². The van der Waals surface area contributed by atoms with Gasteiger partial charge < -0.3 is 14.5 Å². The predicted octanol–water partition coefficient (Wildman–Crippen LogP) is 3.88. The molecule has 1 aliphatic heterocycles. The minimum atomic E-state index is -0.147. The second-order valence-corrected chi connectivity index (χ2v) is 7.12. The van der Waals surface area contributed by atoms with Crippen molar-refractivity contribution in [2.75, 3.05) is 26.2 Å². The predicted molar refractivity (Wildman–Crippen MR) is 102 cm³/mol. The number of carbonyl (C=O) groups is 1. The zero-order valence-corrected chi connectivity index (χ0v) is 16.0. The molecule has 2 aromatic rings. The van der Waals surface area contributed by atoms with Gasteiger partial charge >= 0.3 is 0 Å². The lowest BCUT2D eigenvalue weighted by molar-refractivity contribution is -0.123. The maximum absolute atomic E-state index is 12.2. The van der Waals surface area contributed by atoms with Gasteiger partial charge in [0.2, 0.25) is 0 Å². The van der Waals surface area contributed by atoms with Crippen LogP contribution < -0.4 is 10.1 Å². The molecule has 0 spiro atoms. The Labute approximate surface area is 159 Å². The number of amides is 1. The Morgan fingerprint density at radius 3 is 2.62 bits per heavy atom. The number of furan rings is 1. The molecule has 3 rings (SSSR count). The summed E-state index contributed by atoms with van der Waals surface area (Å²) in [7, 11) is 0. The topological polar surface area (TPSA) is 54.7 Å². The van der Waals surface area contributed by atoms with Crippen LogP contribution in [-0.4, -0.2) is 37.0 Å². The first-order chi connectivity index (χ1) is 12.5. The smallest absolute Gasteiger partial charge is 0.258 e. The molecule has 1 saturated heterocycles. The molecule has 0 unspecified atom stereocenters. The molecular formula is C20H25ClN2O3. The molecule has 26 heavy (non-hydrogen) atoms. The van der Waals surface area contributed by atoms with Crippen LogP contribution in [0, 0.1) is 13.8 Å². The Morgan fingerprint density at radius 2 is 2.00 bits per heavy atom. The maximum atomic E-state index is 12.2. The van der Waals surface area contributed by atoms with E-state index in [-0.39, 0.29) is 18.6 Å². The number of hydrogen-bond donors (Lipinski definition) is 1. The fourth-order valence-electron chi connectivity index (χ4n) is 3.34. The number of hydrogen-bond acceptors (Lipinski definition) is 4. The molecule has 5 nitrogen and oxygen atoms in total. The SMILES string of the molecule is Cc1cc(OCC(=O)NC[C@H](c2ccco2)N2CCCC2)cc(C)c1Cl. The van der Waals surface area contributed by atoms with Gasteiger partial charge in [-0.2, -0.15) is 0 Å². The standard InChI is InChI=1S/C20H25ClN2O3/c1-14-10-16(11-15(2)20(14)21)26-13-19(24)22-12-17(18-6-5-9-25-18)23-7-3-4-8-23/h5-6,9-11,17H,3-4,7-8,12-13H2,1-2H3,(H,22,24)/t17-/m1/s1. The van der Waals surface area contributed by atoms with E-state index >= 15 is 0 Å². The van der Waals surface area contributed by atoms with Gasteiger partial charge in [0.25, 0.3) is 5.91 Å². The average molecular weight is 377 g/mol. The number of carbonyl (C=O) groups excluding carboxylic acids is 1. The average Bonchev–Trinajstić information content (AvgIpc) is 3.32. The Hall–Kier alpha value is -1.98. The summed E-state index contributed by atoms with van der Waals surface area (Å²) in [6.45, 7) is 6.39. The van der Waals surface area contributed by atoms with Gasteiger partial charge in [-0.1, -0.05) is 11.6 Å². The summed E-state index contributed by atoms with van der Waals surface area (Å²) < 4.78 is 11.2. The molecule has 1 aliphatic rings. The molecule has 1 aromatic carbocycles. The fourth-order valence-corrected chi connectivity index (χ4v) is 3.45. The summed E-state index contributed by atoms with van der Waals surface area (Å²) in [4.78, 5) is 14.6. The Bertz CT molecular complexity index is 717. The van der Waals surface area contributed by atoms with Crippen molar-refractivity contribution in [3.63, 3.8) is 0 Å². The molecule has 140 valence electrons. The van der Waals surface area contributed by atoms with Crippen molar-refractivity contribution >= 4 is 17.5 Å². The number of benzene rings is 1. The molecule has 1 N–H and O–H groups in total. The second-order valence-electron chi connectivity index (χ2n) is 6.74. The normalized spacial score (nSPS) is 15.8. The molecule has 1 fully saturated rings. The summed E-state index contributed by atoms with van der Waals surface area (Å²) in [5.41, 5.74) is 1.88. The van der Waals surface area contributed by atoms with Crippen LogP contribution >= 0.6 is 11.6 Å². The van der Waals surface area contributed by atoms with Crippen molar-refractivity contribution in [1.29, 1.82) is 0 Å². The first kappa shape index (κ1) is 18.8. The highest BCUT2D eigenvalue weighted by Crippen LogP contribution is 2.26. The zero-order valence-electron chi connectivity index (χ0n) is 15.3. The van der Waals surface area contributed by atoms with Crippen LogP contribution in [-0.2, 0) is 4.79 Å². The van der Waals surface area contributed by atoms with Crippen LogP contribution in [0.25, 0.3) is 0 Å². The van der Waals surface area contributed by atoms with Gasteiger partial charge in [-0.3, -0.25) is 9.69 Å². The van der Waals surface area contributed by atoms with E-state index in [1.807, 2.05) is 38.1 Å². The molecule has 0 aliphatic carbocycles. The first-order valence-corrected chi connectivity index (χ1v) is 9.36. The first-order valence-electron chi connectivity index (χ1n) is 8.98. The summed E-state index contributed by atoms with van der Waals surface area (Å²) in [5.74, 6) is 1.39. The molecule has 1 atom stereocenters. The van der Waals surface area contributed by atoms with Gasteiger partial charge in [0.15, 0.2) is 6.61 Å². The minimum absolute atomic E-state index is 0.0224. The third-order valence-electron chi connectivity index (χ3n) is 4.73. The third-order valence-corrected chi connectivity index (χ3v) is 5.32. The van der Waals surface area contributed by atoms with Crippen LogP contribution in [0.1, 0.15) is 35.8 Å². The summed E-state index contributed by atoms with van der Waals surface area (Å²) in [6, 6.07) is 7.60. The minimum Gasteiger partial charge on any atom is -0.484 e. The van der Waals surface area contributed by atoms with Gasteiger partial charge in [-0.15, -0.1) is 0 Å². The largest absolute Gasteiger partial charge is 0.484 e. The molecule has 2 heterocycles. The highest BCUT2D eigenvalue weighted by atomic mass is 35.5. The Kier molecular flexibility index (Phi) is 6.22. The second kappa shape index (κ2) is 8.60. The van der Waals surface area contributed by atoms with E-state index < -0.39 is 0 Å². The number of ether oxygens (including phenoxy) is 1. The van der Waals surface area contributed by atoms with E-state index in [1.165, 1.54) is 12.8 Å². The van der Waals surface area contributed by atoms with Crippen LogP contribution in [0.2, 0.25) is 5.02 Å². The fraction of sp³-hybridized carbons (Fsp3) is 0.450. The van der Waals surface area contributed by atoms with Gasteiger partial charge in [0.1, 0.15) is 11.5 Å². The van der Waals surface area contributed by atoms with Crippen molar-refractivity contribution < 1.29 is 13.9 Å². The third kappa shape index (κ3) is 4.59. The highest BCUT2D eigenvalue weighted by molar-refractivity contribution is 6.32. The summed E-state index contributed by atoms with van der Waals surface area (Å²) in [5, 5.41) is 3.70. The zero-order chi connectivity index (χ0) is 18.5. The van der Waals surface area contributed by atoms with Crippen molar-refractivity contribution in [2.45, 2.75) is 32.7 Å². The number of rotatable bonds is 7. The summed E-state index contributed by atoms with van der Waals surface area (Å²) >= 11 is 6.16. The van der Waals surface area contributed by atoms with E-state index in [4.69, 9.17) is 20.8 Å². The monoisotopic (exact) mass is 376 g/mol. The Morgan fingerprint density at radius 1 is 1.31 bits per heavy atom. The molecule has 0 radical (unpaired) electrons. The molecule has 0 saturated carbocycles. The van der Waals surface area contributed by atoms with E-state index in [1.54, 1.807) is 6.26 Å². The van der Waals surface area contributed by atoms with E-state index in [2.05, 4.69) is 10.2 Å². The quantitative estimate of drug-likeness (QED) is 0.796. The number of aryl methyl sites for hydroxylation is 2. The van der Waals surface area contributed by atoms with Crippen LogP contribution in [0.4, 0.5) is 0 Å². The van der Waals surface area contributed by atoms with Gasteiger partial charge in [0, 0.05) is 11.6 Å². The number of halogens is 1. The molecule has 1 aromatic heterocycles. The van der Waals surface area contributed by atoms with E-state index in [0.29, 0.717) is 12.3 Å².